The standard InChI is InChI=1S/C13H18F3NO2/c1-9(13(14,15)16)19-8-12(18)11(17)7-10-5-3-2-4-6-10/h2-6,9,11-12,18H,7-8,17H2,1H3. The van der Waals surface area contributed by atoms with Gasteiger partial charge < -0.3 is 15.6 Å². The Balaban J connectivity index is 2.39. The summed E-state index contributed by atoms with van der Waals surface area (Å²) in [4.78, 5) is 0. The molecule has 3 N–H and O–H groups in total. The largest absolute Gasteiger partial charge is 0.414 e. The molecular weight excluding hydrogens is 259 g/mol. The molecule has 0 bridgehead atoms. The van der Waals surface area contributed by atoms with Crippen LogP contribution in [0.1, 0.15) is 12.5 Å². The first kappa shape index (κ1) is 15.9. The van der Waals surface area contributed by atoms with Crippen molar-refractivity contribution in [3.8, 4) is 0 Å². The average Bonchev–Trinajstić information content (AvgIpc) is 2.35. The molecule has 0 heterocycles. The highest BCUT2D eigenvalue weighted by atomic mass is 19.4. The zero-order valence-corrected chi connectivity index (χ0v) is 10.6. The number of hydrogen-bond donors (Lipinski definition) is 2. The molecule has 6 heteroatoms. The topological polar surface area (TPSA) is 55.5 Å². The lowest BCUT2D eigenvalue weighted by Gasteiger charge is -2.22. The van der Waals surface area contributed by atoms with Gasteiger partial charge in [-0.15, -0.1) is 0 Å². The molecule has 0 saturated heterocycles. The van der Waals surface area contributed by atoms with Crippen molar-refractivity contribution < 1.29 is 23.0 Å². The van der Waals surface area contributed by atoms with Crippen LogP contribution in [0.4, 0.5) is 13.2 Å². The maximum absolute atomic E-state index is 12.2. The summed E-state index contributed by atoms with van der Waals surface area (Å²) in [6.45, 7) is 0.462. The van der Waals surface area contributed by atoms with E-state index in [0.29, 0.717) is 6.42 Å². The van der Waals surface area contributed by atoms with Gasteiger partial charge in [0.05, 0.1) is 12.7 Å². The number of benzene rings is 1. The van der Waals surface area contributed by atoms with Crippen LogP contribution >= 0.6 is 0 Å². The average molecular weight is 277 g/mol. The van der Waals surface area contributed by atoms with E-state index in [4.69, 9.17) is 5.73 Å². The number of halogens is 3. The summed E-state index contributed by atoms with van der Waals surface area (Å²) in [5.74, 6) is 0. The molecule has 1 rings (SSSR count). The smallest absolute Gasteiger partial charge is 0.389 e. The maximum atomic E-state index is 12.2. The first-order valence-corrected chi connectivity index (χ1v) is 5.96. The van der Waals surface area contributed by atoms with Crippen molar-refractivity contribution in [3.63, 3.8) is 0 Å². The fraction of sp³-hybridized carbons (Fsp3) is 0.538. The van der Waals surface area contributed by atoms with Gasteiger partial charge in [0.25, 0.3) is 0 Å². The molecule has 0 radical (unpaired) electrons. The number of hydrogen-bond acceptors (Lipinski definition) is 3. The van der Waals surface area contributed by atoms with E-state index in [1.54, 1.807) is 0 Å². The van der Waals surface area contributed by atoms with Crippen LogP contribution < -0.4 is 5.73 Å². The van der Waals surface area contributed by atoms with Gasteiger partial charge in [0.15, 0.2) is 6.10 Å². The van der Waals surface area contributed by atoms with Crippen LogP contribution in [0.2, 0.25) is 0 Å². The molecule has 0 aliphatic carbocycles. The highest BCUT2D eigenvalue weighted by molar-refractivity contribution is 5.16. The second kappa shape index (κ2) is 6.88. The Labute approximate surface area is 110 Å². The van der Waals surface area contributed by atoms with E-state index in [9.17, 15) is 18.3 Å². The van der Waals surface area contributed by atoms with Gasteiger partial charge in [0.2, 0.25) is 0 Å². The van der Waals surface area contributed by atoms with Gasteiger partial charge in [-0.1, -0.05) is 30.3 Å². The van der Waals surface area contributed by atoms with Gasteiger partial charge in [-0.2, -0.15) is 13.2 Å². The van der Waals surface area contributed by atoms with Crippen molar-refractivity contribution in [3.05, 3.63) is 35.9 Å². The van der Waals surface area contributed by atoms with Crippen LogP contribution in [-0.4, -0.2) is 36.1 Å². The second-order valence-corrected chi connectivity index (χ2v) is 4.44. The predicted octanol–water partition coefficient (Wildman–Crippen LogP) is 1.88. The van der Waals surface area contributed by atoms with E-state index < -0.39 is 31.0 Å². The monoisotopic (exact) mass is 277 g/mol. The molecule has 1 aromatic rings. The summed E-state index contributed by atoms with van der Waals surface area (Å²) in [7, 11) is 0. The van der Waals surface area contributed by atoms with Crippen molar-refractivity contribution in [2.24, 2.45) is 5.73 Å². The molecule has 19 heavy (non-hydrogen) atoms. The zero-order valence-electron chi connectivity index (χ0n) is 10.6. The van der Waals surface area contributed by atoms with Crippen molar-refractivity contribution in [2.45, 2.75) is 37.8 Å². The Morgan fingerprint density at radius 1 is 1.26 bits per heavy atom. The fourth-order valence-corrected chi connectivity index (χ4v) is 1.48. The highest BCUT2D eigenvalue weighted by Gasteiger charge is 2.37. The van der Waals surface area contributed by atoms with Crippen LogP contribution in [0, 0.1) is 0 Å². The lowest BCUT2D eigenvalue weighted by Crippen LogP contribution is -2.41. The molecule has 3 unspecified atom stereocenters. The molecule has 0 aliphatic heterocycles. The fourth-order valence-electron chi connectivity index (χ4n) is 1.48. The lowest BCUT2D eigenvalue weighted by molar-refractivity contribution is -0.219. The Morgan fingerprint density at radius 3 is 2.37 bits per heavy atom. The minimum atomic E-state index is -4.43. The van der Waals surface area contributed by atoms with Crippen molar-refractivity contribution in [1.82, 2.24) is 0 Å². The maximum Gasteiger partial charge on any atom is 0.414 e. The number of alkyl halides is 3. The van der Waals surface area contributed by atoms with Gasteiger partial charge >= 0.3 is 6.18 Å². The van der Waals surface area contributed by atoms with Crippen molar-refractivity contribution in [2.75, 3.05) is 6.61 Å². The van der Waals surface area contributed by atoms with Gasteiger partial charge in [-0.3, -0.25) is 0 Å². The summed E-state index contributed by atoms with van der Waals surface area (Å²) in [5.41, 5.74) is 6.65. The molecular formula is C13H18F3NO2. The third-order valence-corrected chi connectivity index (χ3v) is 2.79. The number of aliphatic hydroxyl groups is 1. The third kappa shape index (κ3) is 5.59. The molecule has 0 fully saturated rings. The first-order valence-electron chi connectivity index (χ1n) is 5.96. The van der Waals surface area contributed by atoms with Gasteiger partial charge in [-0.05, 0) is 18.9 Å². The van der Waals surface area contributed by atoms with Gasteiger partial charge in [-0.25, -0.2) is 0 Å². The number of nitrogens with two attached hydrogens (primary N) is 1. The van der Waals surface area contributed by atoms with Crippen LogP contribution in [0.25, 0.3) is 0 Å². The molecule has 0 aliphatic rings. The minimum Gasteiger partial charge on any atom is -0.389 e. The highest BCUT2D eigenvalue weighted by Crippen LogP contribution is 2.22. The number of rotatable bonds is 6. The third-order valence-electron chi connectivity index (χ3n) is 2.79. The molecule has 0 spiro atoms. The summed E-state index contributed by atoms with van der Waals surface area (Å²) >= 11 is 0. The normalized spacial score (nSPS) is 16.9. The van der Waals surface area contributed by atoms with Crippen LogP contribution in [0.15, 0.2) is 30.3 Å². The SMILES string of the molecule is CC(OCC(O)C(N)Cc1ccccc1)C(F)(F)F. The molecule has 3 nitrogen and oxygen atoms in total. The van der Waals surface area contributed by atoms with Gasteiger partial charge in [0.1, 0.15) is 0 Å². The van der Waals surface area contributed by atoms with E-state index in [0.717, 1.165) is 12.5 Å². The summed E-state index contributed by atoms with van der Waals surface area (Å²) in [5, 5.41) is 9.68. The van der Waals surface area contributed by atoms with Crippen LogP contribution in [-0.2, 0) is 11.2 Å². The van der Waals surface area contributed by atoms with E-state index in [1.165, 1.54) is 0 Å². The quantitative estimate of drug-likeness (QED) is 0.835. The summed E-state index contributed by atoms with van der Waals surface area (Å²) < 4.78 is 41.2. The zero-order chi connectivity index (χ0) is 14.5. The minimum absolute atomic E-state index is 0.381. The summed E-state index contributed by atoms with van der Waals surface area (Å²) in [6.07, 6.45) is -7.09. The van der Waals surface area contributed by atoms with Crippen LogP contribution in [0.5, 0.6) is 0 Å². The molecule has 3 atom stereocenters. The first-order chi connectivity index (χ1) is 8.80. The van der Waals surface area contributed by atoms with E-state index in [2.05, 4.69) is 4.74 Å². The number of aliphatic hydroxyl groups excluding tert-OH is 1. The Morgan fingerprint density at radius 2 is 1.84 bits per heavy atom. The Bertz CT molecular complexity index is 370. The number of ether oxygens (including phenoxy) is 1. The molecule has 1 aromatic carbocycles. The Kier molecular flexibility index (Phi) is 5.78. The van der Waals surface area contributed by atoms with Crippen molar-refractivity contribution in [1.29, 1.82) is 0 Å². The second-order valence-electron chi connectivity index (χ2n) is 4.44. The predicted molar refractivity (Wildman–Crippen MR) is 65.6 cm³/mol. The van der Waals surface area contributed by atoms with Crippen molar-refractivity contribution >= 4 is 0 Å². The molecule has 108 valence electrons. The Hall–Kier alpha value is -1.11. The van der Waals surface area contributed by atoms with E-state index in [-0.39, 0.29) is 0 Å². The van der Waals surface area contributed by atoms with Gasteiger partial charge in [0, 0.05) is 6.04 Å². The molecule has 0 saturated carbocycles. The lowest BCUT2D eigenvalue weighted by atomic mass is 10.0. The molecule has 0 aromatic heterocycles. The summed E-state index contributed by atoms with van der Waals surface area (Å²) in [6, 6.07) is 8.52. The van der Waals surface area contributed by atoms with E-state index in [1.807, 2.05) is 30.3 Å². The van der Waals surface area contributed by atoms with Crippen LogP contribution in [0.3, 0.4) is 0 Å². The van der Waals surface area contributed by atoms with E-state index >= 15 is 0 Å². The molecule has 0 amide bonds.